The Morgan fingerprint density at radius 1 is 0.810 bits per heavy atom. The van der Waals surface area contributed by atoms with Gasteiger partial charge in [0.2, 0.25) is 0 Å². The van der Waals surface area contributed by atoms with E-state index in [1.807, 2.05) is 19.1 Å². The summed E-state index contributed by atoms with van der Waals surface area (Å²) in [7, 11) is 0. The van der Waals surface area contributed by atoms with Gasteiger partial charge in [0.25, 0.3) is 0 Å². The molecule has 0 N–H and O–H groups in total. The first-order valence-electron chi connectivity index (χ1n) is 7.87. The molecule has 0 aliphatic rings. The van der Waals surface area contributed by atoms with Gasteiger partial charge in [-0.15, -0.1) is 0 Å². The van der Waals surface area contributed by atoms with E-state index in [-0.39, 0.29) is 0 Å². The van der Waals surface area contributed by atoms with Crippen LogP contribution in [0, 0.1) is 0 Å². The van der Waals surface area contributed by atoms with Crippen molar-refractivity contribution in [1.82, 2.24) is 0 Å². The van der Waals surface area contributed by atoms with Crippen LogP contribution in [0.15, 0.2) is 24.3 Å². The van der Waals surface area contributed by atoms with Crippen LogP contribution in [0.1, 0.15) is 58.8 Å². The number of rotatable bonds is 12. The minimum atomic E-state index is -0.514. The fourth-order valence-corrected chi connectivity index (χ4v) is 1.62. The molecule has 0 aromatic carbocycles. The molecule has 0 aliphatic carbocycles. The second-order valence-corrected chi connectivity index (χ2v) is 4.75. The SMILES string of the molecule is CC/C=C\CCOC(=O)/C=C/C(=O)OCCCCCCC. The number of carbonyl (C=O) groups excluding carboxylic acids is 2. The summed E-state index contributed by atoms with van der Waals surface area (Å²) >= 11 is 0. The van der Waals surface area contributed by atoms with Crippen LogP contribution in [0.2, 0.25) is 0 Å². The summed E-state index contributed by atoms with van der Waals surface area (Å²) in [6, 6.07) is 0. The maximum Gasteiger partial charge on any atom is 0.331 e. The van der Waals surface area contributed by atoms with Crippen LogP contribution in [0.4, 0.5) is 0 Å². The van der Waals surface area contributed by atoms with Gasteiger partial charge < -0.3 is 9.47 Å². The minimum absolute atomic E-state index is 0.326. The lowest BCUT2D eigenvalue weighted by Crippen LogP contribution is -2.05. The Morgan fingerprint density at radius 3 is 2.05 bits per heavy atom. The van der Waals surface area contributed by atoms with Crippen molar-refractivity contribution in [3.8, 4) is 0 Å². The molecule has 0 heterocycles. The monoisotopic (exact) mass is 296 g/mol. The fraction of sp³-hybridized carbons (Fsp3) is 0.647. The van der Waals surface area contributed by atoms with E-state index in [9.17, 15) is 9.59 Å². The van der Waals surface area contributed by atoms with E-state index in [2.05, 4.69) is 6.92 Å². The molecular weight excluding hydrogens is 268 g/mol. The lowest BCUT2D eigenvalue weighted by Gasteiger charge is -2.02. The van der Waals surface area contributed by atoms with Gasteiger partial charge in [-0.1, -0.05) is 51.7 Å². The Balaban J connectivity index is 3.59. The molecule has 4 heteroatoms. The molecule has 120 valence electrons. The third-order valence-corrected chi connectivity index (χ3v) is 2.78. The molecule has 0 amide bonds. The maximum absolute atomic E-state index is 11.3. The highest BCUT2D eigenvalue weighted by molar-refractivity contribution is 5.91. The topological polar surface area (TPSA) is 52.6 Å². The average Bonchev–Trinajstić information content (AvgIpc) is 2.48. The molecule has 0 saturated heterocycles. The van der Waals surface area contributed by atoms with E-state index in [0.717, 1.165) is 31.4 Å². The summed E-state index contributed by atoms with van der Waals surface area (Å²) in [5.41, 5.74) is 0. The first-order chi connectivity index (χ1) is 10.2. The van der Waals surface area contributed by atoms with Gasteiger partial charge in [0, 0.05) is 12.2 Å². The van der Waals surface area contributed by atoms with Crippen molar-refractivity contribution in [3.05, 3.63) is 24.3 Å². The van der Waals surface area contributed by atoms with E-state index in [1.165, 1.54) is 19.3 Å². The zero-order chi connectivity index (χ0) is 15.8. The Kier molecular flexibility index (Phi) is 13.7. The summed E-state index contributed by atoms with van der Waals surface area (Å²) in [4.78, 5) is 22.6. The van der Waals surface area contributed by atoms with E-state index in [1.54, 1.807) is 0 Å². The quantitative estimate of drug-likeness (QED) is 0.237. The lowest BCUT2D eigenvalue weighted by molar-refractivity contribution is -0.140. The summed E-state index contributed by atoms with van der Waals surface area (Å²) < 4.78 is 9.91. The van der Waals surface area contributed by atoms with E-state index in [0.29, 0.717) is 19.6 Å². The molecule has 0 rings (SSSR count). The largest absolute Gasteiger partial charge is 0.463 e. The average molecular weight is 296 g/mol. The number of ether oxygens (including phenoxy) is 2. The summed E-state index contributed by atoms with van der Waals surface area (Å²) in [5.74, 6) is -1.01. The molecule has 21 heavy (non-hydrogen) atoms. The molecule has 0 aromatic heterocycles. The second kappa shape index (κ2) is 14.8. The standard InChI is InChI=1S/C17H28O4/c1-3-5-7-9-11-15-21-17(19)13-12-16(18)20-14-10-8-6-4-2/h6,8,12-13H,3-5,7,9-11,14-15H2,1-2H3/b8-6-,13-12+. The zero-order valence-corrected chi connectivity index (χ0v) is 13.3. The van der Waals surface area contributed by atoms with Crippen LogP contribution in [0.5, 0.6) is 0 Å². The summed E-state index contributed by atoms with van der Waals surface area (Å²) in [6.07, 6.45) is 13.4. The molecule has 0 aliphatic heterocycles. The molecule has 0 saturated carbocycles. The maximum atomic E-state index is 11.3. The molecule has 0 atom stereocenters. The van der Waals surface area contributed by atoms with Gasteiger partial charge in [-0.25, -0.2) is 9.59 Å². The van der Waals surface area contributed by atoms with Gasteiger partial charge in [0.15, 0.2) is 0 Å². The summed E-state index contributed by atoms with van der Waals surface area (Å²) in [5, 5.41) is 0. The van der Waals surface area contributed by atoms with Crippen molar-refractivity contribution in [2.75, 3.05) is 13.2 Å². The molecule has 0 radical (unpaired) electrons. The van der Waals surface area contributed by atoms with Crippen molar-refractivity contribution in [2.24, 2.45) is 0 Å². The van der Waals surface area contributed by atoms with Crippen LogP contribution < -0.4 is 0 Å². The highest BCUT2D eigenvalue weighted by Gasteiger charge is 2.00. The Morgan fingerprint density at radius 2 is 1.43 bits per heavy atom. The van der Waals surface area contributed by atoms with Gasteiger partial charge in [-0.05, 0) is 19.3 Å². The van der Waals surface area contributed by atoms with E-state index in [4.69, 9.17) is 9.47 Å². The molecule has 0 bridgehead atoms. The smallest absolute Gasteiger partial charge is 0.331 e. The van der Waals surface area contributed by atoms with Crippen LogP contribution in [0.3, 0.4) is 0 Å². The number of unbranched alkanes of at least 4 members (excludes halogenated alkanes) is 4. The molecule has 0 spiro atoms. The van der Waals surface area contributed by atoms with Crippen molar-refractivity contribution < 1.29 is 19.1 Å². The number of carbonyl (C=O) groups is 2. The van der Waals surface area contributed by atoms with Crippen LogP contribution in [-0.2, 0) is 19.1 Å². The molecule has 0 unspecified atom stereocenters. The number of esters is 2. The predicted octanol–water partition coefficient (Wildman–Crippen LogP) is 3.96. The Hall–Kier alpha value is -1.58. The van der Waals surface area contributed by atoms with Crippen LogP contribution in [0.25, 0.3) is 0 Å². The van der Waals surface area contributed by atoms with Crippen molar-refractivity contribution >= 4 is 11.9 Å². The van der Waals surface area contributed by atoms with Crippen molar-refractivity contribution in [2.45, 2.75) is 58.8 Å². The van der Waals surface area contributed by atoms with Crippen LogP contribution in [-0.4, -0.2) is 25.2 Å². The van der Waals surface area contributed by atoms with Crippen LogP contribution >= 0.6 is 0 Å². The second-order valence-electron chi connectivity index (χ2n) is 4.75. The van der Waals surface area contributed by atoms with Gasteiger partial charge in [-0.3, -0.25) is 0 Å². The molecule has 0 aromatic rings. The van der Waals surface area contributed by atoms with E-state index >= 15 is 0 Å². The highest BCUT2D eigenvalue weighted by atomic mass is 16.5. The fourth-order valence-electron chi connectivity index (χ4n) is 1.62. The van der Waals surface area contributed by atoms with E-state index < -0.39 is 11.9 Å². The Bertz CT molecular complexity index is 332. The number of hydrogen-bond donors (Lipinski definition) is 0. The summed E-state index contributed by atoms with van der Waals surface area (Å²) in [6.45, 7) is 4.93. The first kappa shape index (κ1) is 19.4. The van der Waals surface area contributed by atoms with Gasteiger partial charge in [-0.2, -0.15) is 0 Å². The Labute approximate surface area is 128 Å². The third kappa shape index (κ3) is 14.6. The van der Waals surface area contributed by atoms with Crippen molar-refractivity contribution in [1.29, 1.82) is 0 Å². The molecular formula is C17H28O4. The molecule has 0 fully saturated rings. The first-order valence-corrected chi connectivity index (χ1v) is 7.87. The normalized spacial score (nSPS) is 11.1. The van der Waals surface area contributed by atoms with Crippen molar-refractivity contribution in [3.63, 3.8) is 0 Å². The number of hydrogen-bond acceptors (Lipinski definition) is 4. The predicted molar refractivity (Wildman–Crippen MR) is 83.9 cm³/mol. The number of allylic oxidation sites excluding steroid dienone is 1. The van der Waals surface area contributed by atoms with Gasteiger partial charge >= 0.3 is 11.9 Å². The van der Waals surface area contributed by atoms with Gasteiger partial charge in [0.05, 0.1) is 13.2 Å². The minimum Gasteiger partial charge on any atom is -0.463 e. The highest BCUT2D eigenvalue weighted by Crippen LogP contribution is 2.02. The lowest BCUT2D eigenvalue weighted by atomic mass is 10.2. The zero-order valence-electron chi connectivity index (χ0n) is 13.3. The third-order valence-electron chi connectivity index (χ3n) is 2.78. The van der Waals surface area contributed by atoms with Gasteiger partial charge in [0.1, 0.15) is 0 Å². The molecule has 4 nitrogen and oxygen atoms in total.